The van der Waals surface area contributed by atoms with E-state index in [1.807, 2.05) is 6.92 Å². The molecule has 0 bridgehead atoms. The Kier molecular flexibility index (Phi) is 5.78. The third-order valence-corrected chi connectivity index (χ3v) is 3.85. The van der Waals surface area contributed by atoms with Gasteiger partial charge in [-0.3, -0.25) is 4.79 Å². The number of esters is 1. The Morgan fingerprint density at radius 1 is 1.29 bits per heavy atom. The van der Waals surface area contributed by atoms with E-state index in [4.69, 9.17) is 4.74 Å². The lowest BCUT2D eigenvalue weighted by molar-refractivity contribution is -0.113. The number of aliphatic hydroxyl groups excluding tert-OH is 1. The molecule has 0 atom stereocenters. The second-order valence-corrected chi connectivity index (χ2v) is 5.58. The Morgan fingerprint density at radius 3 is 2.38 bits per heavy atom. The molecule has 0 aliphatic heterocycles. The summed E-state index contributed by atoms with van der Waals surface area (Å²) in [6.45, 7) is 8.28. The summed E-state index contributed by atoms with van der Waals surface area (Å²) in [4.78, 5) is 24.2. The number of hydrogen-bond donors (Lipinski definition) is 1. The molecule has 7 heteroatoms. The van der Waals surface area contributed by atoms with Crippen molar-refractivity contribution in [1.82, 2.24) is 0 Å². The maximum atomic E-state index is 12.0. The molecule has 0 saturated carbocycles. The van der Waals surface area contributed by atoms with Crippen LogP contribution in [0.25, 0.3) is 0 Å². The van der Waals surface area contributed by atoms with Crippen LogP contribution in [0.15, 0.2) is 21.7 Å². The minimum atomic E-state index is -0.470. The fourth-order valence-electron chi connectivity index (χ4n) is 1.62. The van der Waals surface area contributed by atoms with E-state index in [0.717, 1.165) is 10.4 Å². The number of rotatable bonds is 5. The highest BCUT2D eigenvalue weighted by atomic mass is 32.1. The van der Waals surface area contributed by atoms with Crippen LogP contribution in [-0.4, -0.2) is 23.5 Å². The maximum Gasteiger partial charge on any atom is 0.341 e. The average molecular weight is 310 g/mol. The molecule has 1 aromatic rings. The first-order chi connectivity index (χ1) is 9.79. The van der Waals surface area contributed by atoms with Crippen LogP contribution in [0, 0.1) is 13.8 Å². The van der Waals surface area contributed by atoms with Crippen molar-refractivity contribution < 1.29 is 19.4 Å². The van der Waals surface area contributed by atoms with Crippen LogP contribution < -0.4 is 0 Å². The summed E-state index contributed by atoms with van der Waals surface area (Å²) < 4.78 is 5.00. The van der Waals surface area contributed by atoms with E-state index in [-0.39, 0.29) is 18.1 Å². The van der Waals surface area contributed by atoms with Crippen molar-refractivity contribution in [3.8, 4) is 0 Å². The summed E-state index contributed by atoms with van der Waals surface area (Å²) in [6.07, 6.45) is 0. The quantitative estimate of drug-likeness (QED) is 0.385. The zero-order valence-corrected chi connectivity index (χ0v) is 13.5. The normalized spacial score (nSPS) is 12.4. The molecule has 0 aromatic carbocycles. The molecule has 1 N–H and O–H groups in total. The average Bonchev–Trinajstić information content (AvgIpc) is 2.64. The highest BCUT2D eigenvalue weighted by Gasteiger charge is 2.21. The van der Waals surface area contributed by atoms with Gasteiger partial charge in [-0.1, -0.05) is 0 Å². The number of aliphatic hydroxyl groups is 1. The third-order valence-electron chi connectivity index (χ3n) is 2.76. The van der Waals surface area contributed by atoms with Crippen LogP contribution in [0.4, 0.5) is 5.00 Å². The molecule has 1 heterocycles. The summed E-state index contributed by atoms with van der Waals surface area (Å²) in [6, 6.07) is 0. The van der Waals surface area contributed by atoms with Gasteiger partial charge >= 0.3 is 5.97 Å². The standard InChI is InChI=1S/C14H18N2O4S/c1-6-20-14(19)11-7(2)10(5)21-13(11)16-15-12(8(3)17)9(4)18/h17H,6H2,1-5H3/b12-8-,16-15?. The van der Waals surface area contributed by atoms with E-state index in [2.05, 4.69) is 10.2 Å². The van der Waals surface area contributed by atoms with E-state index in [9.17, 15) is 14.7 Å². The van der Waals surface area contributed by atoms with E-state index in [0.29, 0.717) is 10.6 Å². The van der Waals surface area contributed by atoms with Gasteiger partial charge in [-0.25, -0.2) is 4.79 Å². The van der Waals surface area contributed by atoms with Crippen molar-refractivity contribution in [2.75, 3.05) is 6.61 Å². The molecule has 0 aliphatic rings. The Bertz CT molecular complexity index is 625. The van der Waals surface area contributed by atoms with Crippen LogP contribution in [0.2, 0.25) is 0 Å². The summed E-state index contributed by atoms with van der Waals surface area (Å²) in [5.41, 5.74) is 0.997. The summed E-state index contributed by atoms with van der Waals surface area (Å²) in [5, 5.41) is 17.5. The van der Waals surface area contributed by atoms with E-state index in [1.165, 1.54) is 25.2 Å². The van der Waals surface area contributed by atoms with Gasteiger partial charge in [-0.2, -0.15) is 0 Å². The SMILES string of the molecule is CCOC(=O)c1c(N=N/C(C(C)=O)=C(/C)O)sc(C)c1C. The number of thiophene rings is 1. The molecule has 0 amide bonds. The predicted molar refractivity (Wildman–Crippen MR) is 80.3 cm³/mol. The first-order valence-electron chi connectivity index (χ1n) is 6.39. The number of azo groups is 1. The minimum Gasteiger partial charge on any atom is -0.510 e. The second-order valence-electron chi connectivity index (χ2n) is 4.37. The number of ketones is 1. The van der Waals surface area contributed by atoms with Crippen molar-refractivity contribution in [3.05, 3.63) is 27.5 Å². The third kappa shape index (κ3) is 3.98. The number of ether oxygens (including phenoxy) is 1. The minimum absolute atomic E-state index is 0.131. The molecule has 0 radical (unpaired) electrons. The Hall–Kier alpha value is -2.02. The number of carbonyl (C=O) groups is 2. The molecule has 0 spiro atoms. The number of carbonyl (C=O) groups excluding carboxylic acids is 2. The fourth-order valence-corrected chi connectivity index (χ4v) is 2.58. The molecular weight excluding hydrogens is 292 g/mol. The van der Waals surface area contributed by atoms with Crippen molar-refractivity contribution in [3.63, 3.8) is 0 Å². The monoisotopic (exact) mass is 310 g/mol. The second kappa shape index (κ2) is 7.12. The molecule has 114 valence electrons. The van der Waals surface area contributed by atoms with Gasteiger partial charge < -0.3 is 9.84 Å². The Morgan fingerprint density at radius 2 is 1.90 bits per heavy atom. The molecule has 6 nitrogen and oxygen atoms in total. The Labute approximate surface area is 127 Å². The van der Waals surface area contributed by atoms with Crippen LogP contribution in [0.1, 0.15) is 41.6 Å². The molecule has 0 unspecified atom stereocenters. The summed E-state index contributed by atoms with van der Waals surface area (Å²) >= 11 is 1.28. The molecule has 0 aliphatic carbocycles. The largest absolute Gasteiger partial charge is 0.510 e. The van der Waals surface area contributed by atoms with Crippen molar-refractivity contribution in [2.24, 2.45) is 10.2 Å². The Balaban J connectivity index is 3.26. The van der Waals surface area contributed by atoms with E-state index >= 15 is 0 Å². The molecule has 1 aromatic heterocycles. The van der Waals surface area contributed by atoms with Crippen LogP contribution >= 0.6 is 11.3 Å². The molecule has 0 fully saturated rings. The topological polar surface area (TPSA) is 88.3 Å². The smallest absolute Gasteiger partial charge is 0.341 e. The van der Waals surface area contributed by atoms with E-state index < -0.39 is 11.8 Å². The summed E-state index contributed by atoms with van der Waals surface area (Å²) in [7, 11) is 0. The lowest BCUT2D eigenvalue weighted by atomic mass is 10.1. The maximum absolute atomic E-state index is 12.0. The molecular formula is C14H18N2O4S. The lowest BCUT2D eigenvalue weighted by Crippen LogP contribution is -2.05. The van der Waals surface area contributed by atoms with Crippen LogP contribution in [0.3, 0.4) is 0 Å². The van der Waals surface area contributed by atoms with Crippen molar-refractivity contribution in [2.45, 2.75) is 34.6 Å². The van der Waals surface area contributed by atoms with Gasteiger partial charge in [0.25, 0.3) is 0 Å². The zero-order valence-electron chi connectivity index (χ0n) is 12.7. The van der Waals surface area contributed by atoms with Gasteiger partial charge in [0, 0.05) is 11.8 Å². The molecule has 21 heavy (non-hydrogen) atoms. The van der Waals surface area contributed by atoms with Crippen LogP contribution in [-0.2, 0) is 9.53 Å². The van der Waals surface area contributed by atoms with Gasteiger partial charge in [0.15, 0.2) is 16.5 Å². The number of allylic oxidation sites excluding steroid dienone is 2. The van der Waals surface area contributed by atoms with Crippen molar-refractivity contribution in [1.29, 1.82) is 0 Å². The first-order valence-corrected chi connectivity index (χ1v) is 7.20. The highest BCUT2D eigenvalue weighted by molar-refractivity contribution is 7.16. The predicted octanol–water partition coefficient (Wildman–Crippen LogP) is 4.00. The molecule has 1 rings (SSSR count). The van der Waals surface area contributed by atoms with Gasteiger partial charge in [-0.15, -0.1) is 21.6 Å². The first kappa shape index (κ1) is 17.0. The molecule has 0 saturated heterocycles. The summed E-state index contributed by atoms with van der Waals surface area (Å²) in [5.74, 6) is -1.09. The van der Waals surface area contributed by atoms with Gasteiger partial charge in [0.2, 0.25) is 0 Å². The van der Waals surface area contributed by atoms with Gasteiger partial charge in [0.05, 0.1) is 6.61 Å². The van der Waals surface area contributed by atoms with Crippen molar-refractivity contribution >= 4 is 28.1 Å². The van der Waals surface area contributed by atoms with E-state index in [1.54, 1.807) is 13.8 Å². The van der Waals surface area contributed by atoms with Gasteiger partial charge in [0.1, 0.15) is 11.3 Å². The number of nitrogens with zero attached hydrogens (tertiary/aromatic N) is 2. The number of Topliss-reactive ketones (excluding diaryl/α,β-unsaturated/α-hetero) is 1. The fraction of sp³-hybridized carbons (Fsp3) is 0.429. The number of hydrogen-bond acceptors (Lipinski definition) is 7. The highest BCUT2D eigenvalue weighted by Crippen LogP contribution is 2.36. The number of aryl methyl sites for hydroxylation is 1. The van der Waals surface area contributed by atoms with Crippen LogP contribution in [0.5, 0.6) is 0 Å². The lowest BCUT2D eigenvalue weighted by Gasteiger charge is -2.02. The zero-order chi connectivity index (χ0) is 16.2. The van der Waals surface area contributed by atoms with Gasteiger partial charge in [-0.05, 0) is 33.3 Å².